The Labute approximate surface area is 145 Å². The summed E-state index contributed by atoms with van der Waals surface area (Å²) < 4.78 is 26.8. The number of nitrogens with two attached hydrogens (primary N) is 1. The van der Waals surface area contributed by atoms with Crippen LogP contribution in [0.15, 0.2) is 46.7 Å². The molecule has 1 aromatic carbocycles. The normalized spacial score (nSPS) is 17.0. The molecule has 2 N–H and O–H groups in total. The van der Waals surface area contributed by atoms with Crippen LogP contribution in [0.25, 0.3) is 0 Å². The molecule has 0 saturated carbocycles. The first kappa shape index (κ1) is 17.1. The Morgan fingerprint density at radius 1 is 1.12 bits per heavy atom. The maximum absolute atomic E-state index is 12.7. The van der Waals surface area contributed by atoms with Gasteiger partial charge in [0.05, 0.1) is 9.77 Å². The van der Waals surface area contributed by atoms with E-state index in [2.05, 4.69) is 17.0 Å². The number of nitrogens with zero attached hydrogens (tertiary/aromatic N) is 2. The fourth-order valence-corrected chi connectivity index (χ4v) is 5.24. The van der Waals surface area contributed by atoms with Crippen molar-refractivity contribution in [3.05, 3.63) is 52.2 Å². The smallest absolute Gasteiger partial charge is 0.258 e. The molecule has 1 aromatic heterocycles. The van der Waals surface area contributed by atoms with E-state index in [1.54, 1.807) is 0 Å². The number of primary amides is 1. The molecular formula is C16H19N3O3S2. The lowest BCUT2D eigenvalue weighted by Crippen LogP contribution is -2.48. The molecule has 1 amide bonds. The lowest BCUT2D eigenvalue weighted by molar-refractivity contribution is 0.100. The van der Waals surface area contributed by atoms with Gasteiger partial charge in [-0.25, -0.2) is 8.42 Å². The van der Waals surface area contributed by atoms with Gasteiger partial charge in [0.25, 0.3) is 5.91 Å². The minimum Gasteiger partial charge on any atom is -0.365 e. The van der Waals surface area contributed by atoms with Crippen LogP contribution in [-0.2, 0) is 16.6 Å². The maximum atomic E-state index is 12.7. The third-order valence-corrected chi connectivity index (χ3v) is 7.01. The second kappa shape index (κ2) is 7.02. The first-order valence-electron chi connectivity index (χ1n) is 7.61. The van der Waals surface area contributed by atoms with E-state index >= 15 is 0 Å². The van der Waals surface area contributed by atoms with Gasteiger partial charge in [-0.1, -0.05) is 30.3 Å². The van der Waals surface area contributed by atoms with Crippen LogP contribution in [0, 0.1) is 0 Å². The molecule has 128 valence electrons. The number of hydrogen-bond acceptors (Lipinski definition) is 5. The minimum atomic E-state index is -3.56. The Bertz CT molecular complexity index is 810. The zero-order chi connectivity index (χ0) is 17.2. The third-order valence-electron chi connectivity index (χ3n) is 4.04. The molecule has 0 atom stereocenters. The zero-order valence-electron chi connectivity index (χ0n) is 13.1. The van der Waals surface area contributed by atoms with Gasteiger partial charge in [-0.3, -0.25) is 9.69 Å². The van der Waals surface area contributed by atoms with E-state index in [0.717, 1.165) is 17.9 Å². The van der Waals surface area contributed by atoms with Crippen LogP contribution in [0.5, 0.6) is 0 Å². The Balaban J connectivity index is 1.63. The molecule has 0 unspecified atom stereocenters. The summed E-state index contributed by atoms with van der Waals surface area (Å²) >= 11 is 1.06. The second-order valence-corrected chi connectivity index (χ2v) is 8.53. The largest absolute Gasteiger partial charge is 0.365 e. The number of amides is 1. The molecule has 8 heteroatoms. The van der Waals surface area contributed by atoms with Crippen LogP contribution in [0.4, 0.5) is 0 Å². The molecule has 1 aliphatic rings. The van der Waals surface area contributed by atoms with Crippen LogP contribution >= 0.6 is 11.3 Å². The highest BCUT2D eigenvalue weighted by molar-refractivity contribution is 7.89. The van der Waals surface area contributed by atoms with E-state index in [9.17, 15) is 13.2 Å². The van der Waals surface area contributed by atoms with Gasteiger partial charge in [-0.2, -0.15) is 4.31 Å². The second-order valence-electron chi connectivity index (χ2n) is 5.68. The van der Waals surface area contributed by atoms with Gasteiger partial charge in [0, 0.05) is 38.1 Å². The van der Waals surface area contributed by atoms with Gasteiger partial charge in [-0.05, 0) is 11.6 Å². The number of benzene rings is 1. The predicted molar refractivity (Wildman–Crippen MR) is 93.3 cm³/mol. The zero-order valence-corrected chi connectivity index (χ0v) is 14.7. The average molecular weight is 365 g/mol. The third kappa shape index (κ3) is 3.67. The average Bonchev–Trinajstić information content (AvgIpc) is 3.07. The number of thiophene rings is 1. The monoisotopic (exact) mass is 365 g/mol. The van der Waals surface area contributed by atoms with Crippen molar-refractivity contribution in [1.82, 2.24) is 9.21 Å². The Hall–Kier alpha value is -1.74. The van der Waals surface area contributed by atoms with Crippen LogP contribution in [0.3, 0.4) is 0 Å². The molecule has 2 heterocycles. The summed E-state index contributed by atoms with van der Waals surface area (Å²) in [6.07, 6.45) is 0. The van der Waals surface area contributed by atoms with E-state index in [4.69, 9.17) is 5.73 Å². The first-order valence-corrected chi connectivity index (χ1v) is 9.93. The molecule has 24 heavy (non-hydrogen) atoms. The summed E-state index contributed by atoms with van der Waals surface area (Å²) in [6, 6.07) is 11.5. The van der Waals surface area contributed by atoms with Crippen molar-refractivity contribution in [2.75, 3.05) is 26.2 Å². The SMILES string of the molecule is NC(=O)c1cc(S(=O)(=O)N2CCN(Cc3ccccc3)CC2)cs1. The Kier molecular flexibility index (Phi) is 5.00. The summed E-state index contributed by atoms with van der Waals surface area (Å²) in [5.41, 5.74) is 6.42. The summed E-state index contributed by atoms with van der Waals surface area (Å²) in [5, 5.41) is 1.48. The Morgan fingerprint density at radius 2 is 1.79 bits per heavy atom. The number of carbonyl (C=O) groups is 1. The molecule has 1 fully saturated rings. The molecule has 0 spiro atoms. The van der Waals surface area contributed by atoms with Crippen molar-refractivity contribution in [2.45, 2.75) is 11.4 Å². The van der Waals surface area contributed by atoms with Crippen LogP contribution in [0.2, 0.25) is 0 Å². The summed E-state index contributed by atoms with van der Waals surface area (Å²) in [7, 11) is -3.56. The number of rotatable bonds is 5. The van der Waals surface area contributed by atoms with Crippen LogP contribution in [-0.4, -0.2) is 49.7 Å². The van der Waals surface area contributed by atoms with E-state index < -0.39 is 15.9 Å². The van der Waals surface area contributed by atoms with Gasteiger partial charge in [0.1, 0.15) is 0 Å². The highest BCUT2D eigenvalue weighted by atomic mass is 32.2. The van der Waals surface area contributed by atoms with Crippen molar-refractivity contribution < 1.29 is 13.2 Å². The molecule has 6 nitrogen and oxygen atoms in total. The molecule has 3 rings (SSSR count). The fraction of sp³-hybridized carbons (Fsp3) is 0.312. The van der Waals surface area contributed by atoms with E-state index in [1.807, 2.05) is 18.2 Å². The van der Waals surface area contributed by atoms with Crippen molar-refractivity contribution in [3.8, 4) is 0 Å². The minimum absolute atomic E-state index is 0.151. The summed E-state index contributed by atoms with van der Waals surface area (Å²) in [4.78, 5) is 13.8. The number of hydrogen-bond donors (Lipinski definition) is 1. The highest BCUT2D eigenvalue weighted by Crippen LogP contribution is 2.23. The quantitative estimate of drug-likeness (QED) is 0.867. The van der Waals surface area contributed by atoms with E-state index in [1.165, 1.54) is 21.3 Å². The lowest BCUT2D eigenvalue weighted by atomic mass is 10.2. The van der Waals surface area contributed by atoms with Crippen molar-refractivity contribution >= 4 is 27.3 Å². The molecule has 0 aliphatic carbocycles. The van der Waals surface area contributed by atoms with Crippen molar-refractivity contribution in [2.24, 2.45) is 5.73 Å². The topological polar surface area (TPSA) is 83.7 Å². The van der Waals surface area contributed by atoms with Gasteiger partial charge in [-0.15, -0.1) is 11.3 Å². The molecule has 1 saturated heterocycles. The summed E-state index contributed by atoms with van der Waals surface area (Å²) in [5.74, 6) is -0.603. The standard InChI is InChI=1S/C16H19N3O3S2/c17-16(20)15-10-14(12-23-15)24(21,22)19-8-6-18(7-9-19)11-13-4-2-1-3-5-13/h1-5,10,12H,6-9,11H2,(H2,17,20). The van der Waals surface area contributed by atoms with Gasteiger partial charge in [0.15, 0.2) is 0 Å². The van der Waals surface area contributed by atoms with Gasteiger partial charge in [0.2, 0.25) is 10.0 Å². The van der Waals surface area contributed by atoms with E-state index in [-0.39, 0.29) is 9.77 Å². The van der Waals surface area contributed by atoms with Gasteiger partial charge < -0.3 is 5.73 Å². The van der Waals surface area contributed by atoms with Crippen LogP contribution in [0.1, 0.15) is 15.2 Å². The predicted octanol–water partition coefficient (Wildman–Crippen LogP) is 1.35. The number of sulfonamides is 1. The Morgan fingerprint density at radius 3 is 2.38 bits per heavy atom. The molecule has 0 bridgehead atoms. The number of piperazine rings is 1. The molecule has 0 radical (unpaired) electrons. The van der Waals surface area contributed by atoms with Crippen molar-refractivity contribution in [3.63, 3.8) is 0 Å². The molecular weight excluding hydrogens is 346 g/mol. The van der Waals surface area contributed by atoms with Crippen LogP contribution < -0.4 is 5.73 Å². The highest BCUT2D eigenvalue weighted by Gasteiger charge is 2.29. The molecule has 1 aliphatic heterocycles. The fourth-order valence-electron chi connectivity index (χ4n) is 2.70. The number of carbonyl (C=O) groups excluding carboxylic acids is 1. The van der Waals surface area contributed by atoms with Gasteiger partial charge >= 0.3 is 0 Å². The van der Waals surface area contributed by atoms with Crippen molar-refractivity contribution in [1.29, 1.82) is 0 Å². The summed E-state index contributed by atoms with van der Waals surface area (Å²) in [6.45, 7) is 3.06. The molecule has 2 aromatic rings. The van der Waals surface area contributed by atoms with E-state index in [0.29, 0.717) is 26.2 Å². The first-order chi connectivity index (χ1) is 11.5. The maximum Gasteiger partial charge on any atom is 0.258 e. The lowest BCUT2D eigenvalue weighted by Gasteiger charge is -2.33.